The molecule has 3 nitrogen and oxygen atoms in total. The number of benzene rings is 1. The minimum Gasteiger partial charge on any atom is -0.489 e. The molecule has 0 radical (unpaired) electrons. The molecule has 0 bridgehead atoms. The maximum absolute atomic E-state index is 8.35. The minimum absolute atomic E-state index is 0.451. The molecule has 1 aromatic rings. The van der Waals surface area contributed by atoms with Gasteiger partial charge in [-0.05, 0) is 36.8 Å². The summed E-state index contributed by atoms with van der Waals surface area (Å²) in [6.07, 6.45) is 9.19. The van der Waals surface area contributed by atoms with E-state index in [4.69, 9.17) is 10.00 Å². The average Bonchev–Trinajstić information content (AvgIpc) is 2.41. The Morgan fingerprint density at radius 1 is 1.33 bits per heavy atom. The second-order valence-electron chi connectivity index (χ2n) is 3.42. The van der Waals surface area contributed by atoms with Crippen molar-refractivity contribution in [1.29, 1.82) is 5.26 Å². The highest BCUT2D eigenvalue weighted by Gasteiger charge is 1.97. The van der Waals surface area contributed by atoms with E-state index in [0.717, 1.165) is 5.57 Å². The van der Waals surface area contributed by atoms with Crippen molar-refractivity contribution < 1.29 is 9.47 Å². The second-order valence-corrected chi connectivity index (χ2v) is 3.42. The highest BCUT2D eigenvalue weighted by molar-refractivity contribution is 5.32. The van der Waals surface area contributed by atoms with Crippen LogP contribution in [0, 0.1) is 11.5 Å². The van der Waals surface area contributed by atoms with Crippen LogP contribution in [-0.4, -0.2) is 6.61 Å². The smallest absolute Gasteiger partial charge is 0.292 e. The summed E-state index contributed by atoms with van der Waals surface area (Å²) < 4.78 is 10.3. The van der Waals surface area contributed by atoms with Gasteiger partial charge in [-0.3, -0.25) is 0 Å². The summed E-state index contributed by atoms with van der Waals surface area (Å²) in [5.74, 6) is 1.21. The van der Waals surface area contributed by atoms with Crippen LogP contribution in [0.2, 0.25) is 0 Å². The van der Waals surface area contributed by atoms with Gasteiger partial charge in [0.25, 0.3) is 6.26 Å². The number of hydrogen-bond acceptors (Lipinski definition) is 3. The van der Waals surface area contributed by atoms with E-state index < -0.39 is 0 Å². The number of rotatable bonds is 6. The molecule has 0 aliphatic rings. The lowest BCUT2D eigenvalue weighted by Gasteiger charge is -2.06. The molecule has 0 amide bonds. The summed E-state index contributed by atoms with van der Waals surface area (Å²) in [4.78, 5) is 0. The van der Waals surface area contributed by atoms with E-state index in [0.29, 0.717) is 18.1 Å². The van der Waals surface area contributed by atoms with Gasteiger partial charge in [-0.2, -0.15) is 0 Å². The van der Waals surface area contributed by atoms with Gasteiger partial charge in [-0.15, -0.1) is 5.26 Å². The first-order chi connectivity index (χ1) is 8.80. The SMILES string of the molecule is C=C/C(=C\C=C/C)COc1ccc(OC#N)cc1. The summed E-state index contributed by atoms with van der Waals surface area (Å²) in [5, 5.41) is 8.35. The lowest BCUT2D eigenvalue weighted by atomic mass is 10.2. The monoisotopic (exact) mass is 241 g/mol. The molecule has 0 saturated carbocycles. The predicted octanol–water partition coefficient (Wildman–Crippen LogP) is 3.61. The van der Waals surface area contributed by atoms with Crippen LogP contribution >= 0.6 is 0 Å². The van der Waals surface area contributed by atoms with Crippen LogP contribution in [0.1, 0.15) is 6.92 Å². The van der Waals surface area contributed by atoms with Crippen molar-refractivity contribution in [2.45, 2.75) is 6.92 Å². The molecule has 0 unspecified atom stereocenters. The van der Waals surface area contributed by atoms with E-state index in [1.807, 2.05) is 25.2 Å². The zero-order valence-corrected chi connectivity index (χ0v) is 10.3. The maximum Gasteiger partial charge on any atom is 0.292 e. The highest BCUT2D eigenvalue weighted by Crippen LogP contribution is 2.17. The quantitative estimate of drug-likeness (QED) is 0.564. The van der Waals surface area contributed by atoms with Gasteiger partial charge in [0.15, 0.2) is 0 Å². The van der Waals surface area contributed by atoms with Gasteiger partial charge in [0.1, 0.15) is 18.1 Å². The number of nitriles is 1. The van der Waals surface area contributed by atoms with Crippen molar-refractivity contribution in [3.05, 3.63) is 60.7 Å². The Kier molecular flexibility index (Phi) is 5.85. The number of nitrogens with zero attached hydrogens (tertiary/aromatic N) is 1. The molecule has 0 heterocycles. The van der Waals surface area contributed by atoms with E-state index >= 15 is 0 Å². The van der Waals surface area contributed by atoms with Crippen LogP contribution in [0.25, 0.3) is 0 Å². The van der Waals surface area contributed by atoms with Crippen LogP contribution in [-0.2, 0) is 0 Å². The average molecular weight is 241 g/mol. The number of hydrogen-bond donors (Lipinski definition) is 0. The summed E-state index contributed by atoms with van der Waals surface area (Å²) in [6, 6.07) is 6.87. The van der Waals surface area contributed by atoms with E-state index in [2.05, 4.69) is 11.3 Å². The van der Waals surface area contributed by atoms with E-state index in [1.165, 1.54) is 0 Å². The number of ether oxygens (including phenoxy) is 2. The molecule has 0 aliphatic heterocycles. The van der Waals surface area contributed by atoms with Gasteiger partial charge in [-0.1, -0.05) is 30.9 Å². The molecule has 0 saturated heterocycles. The first-order valence-electron chi connectivity index (χ1n) is 5.53. The van der Waals surface area contributed by atoms with Crippen molar-refractivity contribution in [2.24, 2.45) is 0 Å². The lowest BCUT2D eigenvalue weighted by Crippen LogP contribution is -1.99. The Balaban J connectivity index is 2.57. The normalized spacial score (nSPS) is 11.0. The Bertz CT molecular complexity index is 478. The third-order valence-electron chi connectivity index (χ3n) is 2.16. The molecular weight excluding hydrogens is 226 g/mol. The minimum atomic E-state index is 0.451. The molecule has 18 heavy (non-hydrogen) atoms. The van der Waals surface area contributed by atoms with Crippen molar-refractivity contribution in [3.63, 3.8) is 0 Å². The first kappa shape index (κ1) is 13.6. The standard InChI is InChI=1S/C15H15NO2/c1-3-5-6-13(4-2)11-17-14-7-9-15(10-8-14)18-12-16/h3-10H,2,11H2,1H3/b5-3-,13-6+. The Hall–Kier alpha value is -2.47. The van der Waals surface area contributed by atoms with Crippen LogP contribution in [0.5, 0.6) is 11.5 Å². The molecule has 3 heteroatoms. The summed E-state index contributed by atoms with van der Waals surface area (Å²) >= 11 is 0. The zero-order valence-electron chi connectivity index (χ0n) is 10.3. The summed E-state index contributed by atoms with van der Waals surface area (Å²) in [7, 11) is 0. The molecule has 0 atom stereocenters. The first-order valence-corrected chi connectivity index (χ1v) is 5.53. The van der Waals surface area contributed by atoms with Gasteiger partial charge in [0.05, 0.1) is 0 Å². The fraction of sp³-hybridized carbons (Fsp3) is 0.133. The third kappa shape index (κ3) is 4.58. The van der Waals surface area contributed by atoms with Gasteiger partial charge in [0, 0.05) is 0 Å². The highest BCUT2D eigenvalue weighted by atomic mass is 16.5. The van der Waals surface area contributed by atoms with E-state index in [-0.39, 0.29) is 0 Å². The summed E-state index contributed by atoms with van der Waals surface area (Å²) in [6.45, 7) is 6.13. The van der Waals surface area contributed by atoms with Crippen molar-refractivity contribution in [1.82, 2.24) is 0 Å². The second kappa shape index (κ2) is 7.75. The van der Waals surface area contributed by atoms with Crippen LogP contribution < -0.4 is 9.47 Å². The molecule has 0 spiro atoms. The molecule has 0 aliphatic carbocycles. The third-order valence-corrected chi connectivity index (χ3v) is 2.16. The van der Waals surface area contributed by atoms with Gasteiger partial charge in [-0.25, -0.2) is 0 Å². The molecule has 0 aromatic heterocycles. The van der Waals surface area contributed by atoms with E-state index in [1.54, 1.807) is 36.6 Å². The van der Waals surface area contributed by atoms with Crippen molar-refractivity contribution >= 4 is 0 Å². The van der Waals surface area contributed by atoms with Crippen LogP contribution in [0.15, 0.2) is 60.7 Å². The number of allylic oxidation sites excluding steroid dienone is 3. The fourth-order valence-electron chi connectivity index (χ4n) is 1.22. The molecule has 0 N–H and O–H groups in total. The van der Waals surface area contributed by atoms with Crippen LogP contribution in [0.4, 0.5) is 0 Å². The topological polar surface area (TPSA) is 42.2 Å². The molecular formula is C15H15NO2. The van der Waals surface area contributed by atoms with Crippen molar-refractivity contribution in [3.8, 4) is 17.8 Å². The fourth-order valence-corrected chi connectivity index (χ4v) is 1.22. The molecule has 1 aromatic carbocycles. The van der Waals surface area contributed by atoms with E-state index in [9.17, 15) is 0 Å². The largest absolute Gasteiger partial charge is 0.489 e. The lowest BCUT2D eigenvalue weighted by molar-refractivity contribution is 0.355. The van der Waals surface area contributed by atoms with Crippen molar-refractivity contribution in [2.75, 3.05) is 6.61 Å². The van der Waals surface area contributed by atoms with Gasteiger partial charge >= 0.3 is 0 Å². The van der Waals surface area contributed by atoms with Gasteiger partial charge in [0.2, 0.25) is 0 Å². The Morgan fingerprint density at radius 3 is 2.56 bits per heavy atom. The van der Waals surface area contributed by atoms with Crippen LogP contribution in [0.3, 0.4) is 0 Å². The van der Waals surface area contributed by atoms with Gasteiger partial charge < -0.3 is 9.47 Å². The Labute approximate surface area is 107 Å². The predicted molar refractivity (Wildman–Crippen MR) is 71.3 cm³/mol. The molecule has 0 fully saturated rings. The zero-order chi connectivity index (χ0) is 13.2. The summed E-state index contributed by atoms with van der Waals surface area (Å²) in [5.41, 5.74) is 0.991. The maximum atomic E-state index is 8.35. The molecule has 92 valence electrons. The Morgan fingerprint density at radius 2 is 2.00 bits per heavy atom. The molecule has 1 rings (SSSR count).